The first kappa shape index (κ1) is 8.47. The van der Waals surface area contributed by atoms with Crippen LogP contribution in [0.3, 0.4) is 0 Å². The zero-order chi connectivity index (χ0) is 7.28. The number of carbonyl (C=O) groups is 1. The lowest BCUT2D eigenvalue weighted by Gasteiger charge is -1.83. The first-order chi connectivity index (χ1) is 4.22. The van der Waals surface area contributed by atoms with E-state index < -0.39 is 11.7 Å². The summed E-state index contributed by atoms with van der Waals surface area (Å²) < 4.78 is 14.1. The quantitative estimate of drug-likeness (QED) is 0.341. The molecule has 0 aliphatic heterocycles. The Morgan fingerprint density at radius 3 is 2.67 bits per heavy atom. The maximum Gasteiger partial charge on any atom is 0.346 e. The summed E-state index contributed by atoms with van der Waals surface area (Å²) in [5.74, 6) is -2.60. The Kier molecular flexibility index (Phi) is 4.10. The zero-order valence-electron chi connectivity index (χ0n) is 4.10. The fourth-order valence-electron chi connectivity index (χ4n) is 0.153. The van der Waals surface area contributed by atoms with Crippen LogP contribution in [0.15, 0.2) is 17.2 Å². The molecule has 1 N–H and O–H groups in total. The number of halogens is 2. The van der Waals surface area contributed by atoms with Crippen LogP contribution in [0.25, 0.3) is 0 Å². The molecule has 0 aromatic rings. The number of hydrogen-bond donors (Lipinski definition) is 1. The van der Waals surface area contributed by atoms with Crippen LogP contribution < -0.4 is 3.53 Å². The maximum atomic E-state index is 11.9. The van der Waals surface area contributed by atoms with Crippen LogP contribution in [0.1, 0.15) is 0 Å². The molecule has 0 spiro atoms. The molecule has 0 unspecified atom stereocenters. The molecular weight excluding hydrogens is 242 g/mol. The van der Waals surface area contributed by atoms with E-state index in [9.17, 15) is 14.1 Å². The van der Waals surface area contributed by atoms with Crippen molar-refractivity contribution in [3.63, 3.8) is 0 Å². The minimum absolute atomic E-state index is 0.740. The van der Waals surface area contributed by atoms with E-state index in [0.29, 0.717) is 0 Å². The standard InChI is InChI=1S/C3H2FIN2O2/c4-2(1-6-5)3(8)7-9/h1,6H/b2-1+. The molecule has 0 heterocycles. The molecule has 0 radical (unpaired) electrons. The van der Waals surface area contributed by atoms with Crippen molar-refractivity contribution in [2.24, 2.45) is 5.18 Å². The van der Waals surface area contributed by atoms with Crippen molar-refractivity contribution in [3.8, 4) is 0 Å². The minimum Gasteiger partial charge on any atom is -0.332 e. The Hall–Kier alpha value is -0.530. The Morgan fingerprint density at radius 1 is 1.78 bits per heavy atom. The highest BCUT2D eigenvalue weighted by Crippen LogP contribution is 1.96. The third kappa shape index (κ3) is 3.12. The first-order valence-electron chi connectivity index (χ1n) is 1.82. The topological polar surface area (TPSA) is 58.5 Å². The van der Waals surface area contributed by atoms with E-state index in [1.54, 1.807) is 22.9 Å². The minimum atomic E-state index is -1.40. The van der Waals surface area contributed by atoms with E-state index >= 15 is 0 Å². The predicted octanol–water partition coefficient (Wildman–Crippen LogP) is 1.03. The summed E-state index contributed by atoms with van der Waals surface area (Å²) in [6.45, 7) is 0. The summed E-state index contributed by atoms with van der Waals surface area (Å²) in [7, 11) is 0. The molecule has 0 fully saturated rings. The Bertz CT molecular complexity index is 158. The zero-order valence-corrected chi connectivity index (χ0v) is 6.25. The van der Waals surface area contributed by atoms with Gasteiger partial charge >= 0.3 is 5.91 Å². The number of rotatable bonds is 2. The molecule has 50 valence electrons. The van der Waals surface area contributed by atoms with E-state index in [1.807, 2.05) is 5.18 Å². The average molecular weight is 244 g/mol. The normalized spacial score (nSPS) is 10.7. The van der Waals surface area contributed by atoms with Gasteiger partial charge in [0.25, 0.3) is 0 Å². The number of nitrogens with zero attached hydrogens (tertiary/aromatic N) is 1. The van der Waals surface area contributed by atoms with Gasteiger partial charge < -0.3 is 3.53 Å². The second kappa shape index (κ2) is 4.36. The highest BCUT2D eigenvalue weighted by molar-refractivity contribution is 14.1. The fourth-order valence-corrected chi connectivity index (χ4v) is 0.427. The summed E-state index contributed by atoms with van der Waals surface area (Å²) in [5, 5.41) is 1.83. The molecule has 0 aromatic carbocycles. The summed E-state index contributed by atoms with van der Waals surface area (Å²) in [5.41, 5.74) is 0. The van der Waals surface area contributed by atoms with Crippen molar-refractivity contribution >= 4 is 28.8 Å². The van der Waals surface area contributed by atoms with E-state index in [4.69, 9.17) is 0 Å². The highest BCUT2D eigenvalue weighted by atomic mass is 127. The van der Waals surface area contributed by atoms with Crippen molar-refractivity contribution in [2.45, 2.75) is 0 Å². The van der Waals surface area contributed by atoms with Crippen LogP contribution in [0.2, 0.25) is 0 Å². The van der Waals surface area contributed by atoms with E-state index in [-0.39, 0.29) is 0 Å². The number of hydrogen-bond acceptors (Lipinski definition) is 3. The van der Waals surface area contributed by atoms with Crippen LogP contribution in [0.4, 0.5) is 4.39 Å². The van der Waals surface area contributed by atoms with Gasteiger partial charge in [-0.15, -0.1) is 4.91 Å². The Labute approximate surface area is 64.0 Å². The van der Waals surface area contributed by atoms with Crippen molar-refractivity contribution in [3.05, 3.63) is 16.9 Å². The largest absolute Gasteiger partial charge is 0.346 e. The Balaban J connectivity index is 4.01. The number of nitrogens with one attached hydrogen (secondary N) is 1. The van der Waals surface area contributed by atoms with E-state index in [2.05, 4.69) is 3.53 Å². The predicted molar refractivity (Wildman–Crippen MR) is 37.1 cm³/mol. The summed E-state index contributed by atoms with van der Waals surface area (Å²) >= 11 is 1.59. The lowest BCUT2D eigenvalue weighted by Crippen LogP contribution is -1.95. The van der Waals surface area contributed by atoms with Gasteiger partial charge in [0, 0.05) is 11.4 Å². The molecule has 0 atom stereocenters. The van der Waals surface area contributed by atoms with Gasteiger partial charge in [-0.25, -0.2) is 0 Å². The number of amides is 1. The molecular formula is C3H2FIN2O2. The van der Waals surface area contributed by atoms with Crippen LogP contribution in [0.5, 0.6) is 0 Å². The van der Waals surface area contributed by atoms with Gasteiger partial charge in [0.1, 0.15) is 0 Å². The number of nitroso groups, excluding NO2 is 1. The first-order valence-corrected chi connectivity index (χ1v) is 2.89. The van der Waals surface area contributed by atoms with Gasteiger partial charge in [-0.2, -0.15) is 4.39 Å². The molecule has 0 aromatic heterocycles. The third-order valence-corrected chi connectivity index (χ3v) is 0.780. The van der Waals surface area contributed by atoms with Crippen LogP contribution >= 0.6 is 22.9 Å². The number of carbonyl (C=O) groups excluding carboxylic acids is 1. The second-order valence-electron chi connectivity index (χ2n) is 0.998. The van der Waals surface area contributed by atoms with Crippen LogP contribution in [0, 0.1) is 4.91 Å². The molecule has 4 nitrogen and oxygen atoms in total. The molecule has 0 bridgehead atoms. The van der Waals surface area contributed by atoms with Crippen molar-refractivity contribution in [2.75, 3.05) is 0 Å². The molecule has 0 rings (SSSR count). The lowest BCUT2D eigenvalue weighted by atomic mass is 10.5. The van der Waals surface area contributed by atoms with E-state index in [1.165, 1.54) is 0 Å². The highest BCUT2D eigenvalue weighted by Gasteiger charge is 2.06. The molecule has 6 heteroatoms. The van der Waals surface area contributed by atoms with Crippen LogP contribution in [-0.2, 0) is 4.79 Å². The molecule has 0 aliphatic rings. The lowest BCUT2D eigenvalue weighted by molar-refractivity contribution is -0.115. The summed E-state index contributed by atoms with van der Waals surface area (Å²) in [6.07, 6.45) is 0.740. The van der Waals surface area contributed by atoms with E-state index in [0.717, 1.165) is 6.20 Å². The van der Waals surface area contributed by atoms with Gasteiger partial charge in [-0.05, 0) is 0 Å². The fraction of sp³-hybridized carbons (Fsp3) is 0. The van der Waals surface area contributed by atoms with Crippen molar-refractivity contribution in [1.82, 2.24) is 3.53 Å². The van der Waals surface area contributed by atoms with Gasteiger partial charge in [0.05, 0.1) is 22.9 Å². The maximum absolute atomic E-state index is 11.9. The van der Waals surface area contributed by atoms with Crippen molar-refractivity contribution in [1.29, 1.82) is 0 Å². The molecule has 9 heavy (non-hydrogen) atoms. The average Bonchev–Trinajstić information content (AvgIpc) is 1.87. The molecule has 0 aliphatic carbocycles. The third-order valence-electron chi connectivity index (χ3n) is 0.468. The second-order valence-corrected chi connectivity index (χ2v) is 1.62. The smallest absolute Gasteiger partial charge is 0.332 e. The van der Waals surface area contributed by atoms with Gasteiger partial charge in [-0.1, -0.05) is 0 Å². The van der Waals surface area contributed by atoms with Gasteiger partial charge in [0.2, 0.25) is 5.83 Å². The van der Waals surface area contributed by atoms with Gasteiger partial charge in [-0.3, -0.25) is 4.79 Å². The SMILES string of the molecule is O=NC(=O)/C(F)=C\NI. The van der Waals surface area contributed by atoms with Crippen LogP contribution in [-0.4, -0.2) is 5.91 Å². The molecule has 0 saturated carbocycles. The van der Waals surface area contributed by atoms with Gasteiger partial charge in [0.15, 0.2) is 0 Å². The summed E-state index contributed by atoms with van der Waals surface area (Å²) in [6, 6.07) is 0. The monoisotopic (exact) mass is 244 g/mol. The summed E-state index contributed by atoms with van der Waals surface area (Å²) in [4.78, 5) is 19.2. The molecule has 1 amide bonds. The molecule has 0 saturated heterocycles. The van der Waals surface area contributed by atoms with Crippen molar-refractivity contribution < 1.29 is 9.18 Å². The Morgan fingerprint density at radius 2 is 2.33 bits per heavy atom.